The van der Waals surface area contributed by atoms with Crippen LogP contribution in [0.4, 0.5) is 4.79 Å². The Hall–Kier alpha value is -1.68. The van der Waals surface area contributed by atoms with Gasteiger partial charge in [0.05, 0.1) is 6.07 Å². The molecule has 0 aliphatic heterocycles. The van der Waals surface area contributed by atoms with E-state index in [-0.39, 0.29) is 6.61 Å². The van der Waals surface area contributed by atoms with Crippen molar-refractivity contribution >= 4 is 6.09 Å². The standard InChI is InChI=1S/C8H10N2O2/c1-4-5-12-7(11)10-8(2,3)6-9/h1H,5H2,2-3H3,(H,10,11). The third-order valence-corrected chi connectivity index (χ3v) is 0.981. The van der Waals surface area contributed by atoms with Crippen LogP contribution in [0.5, 0.6) is 0 Å². The van der Waals surface area contributed by atoms with E-state index in [1.54, 1.807) is 13.8 Å². The molecule has 0 atom stereocenters. The van der Waals surface area contributed by atoms with E-state index in [0.717, 1.165) is 0 Å². The van der Waals surface area contributed by atoms with Crippen molar-refractivity contribution in [2.24, 2.45) is 0 Å². The highest BCUT2D eigenvalue weighted by atomic mass is 16.5. The molecule has 0 spiro atoms. The van der Waals surface area contributed by atoms with Crippen molar-refractivity contribution in [3.63, 3.8) is 0 Å². The summed E-state index contributed by atoms with van der Waals surface area (Å²) in [4.78, 5) is 10.8. The molecule has 0 saturated carbocycles. The molecular weight excluding hydrogens is 156 g/mol. The van der Waals surface area contributed by atoms with Gasteiger partial charge in [0.25, 0.3) is 0 Å². The number of nitriles is 1. The summed E-state index contributed by atoms with van der Waals surface area (Å²) in [5, 5.41) is 10.8. The number of carbonyl (C=O) groups is 1. The highest BCUT2D eigenvalue weighted by molar-refractivity contribution is 5.68. The average Bonchev–Trinajstić information content (AvgIpc) is 2.00. The van der Waals surface area contributed by atoms with Crippen molar-refractivity contribution in [1.82, 2.24) is 5.32 Å². The molecule has 0 aromatic rings. The molecule has 1 amide bonds. The van der Waals surface area contributed by atoms with Crippen molar-refractivity contribution in [3.05, 3.63) is 0 Å². The first-order chi connectivity index (χ1) is 5.52. The van der Waals surface area contributed by atoms with Crippen molar-refractivity contribution in [2.75, 3.05) is 6.61 Å². The van der Waals surface area contributed by atoms with Crippen LogP contribution in [0.25, 0.3) is 0 Å². The van der Waals surface area contributed by atoms with Gasteiger partial charge < -0.3 is 10.1 Å². The van der Waals surface area contributed by atoms with Crippen LogP contribution in [0.3, 0.4) is 0 Å². The summed E-state index contributed by atoms with van der Waals surface area (Å²) in [6.07, 6.45) is 4.17. The van der Waals surface area contributed by atoms with Crippen LogP contribution in [0.2, 0.25) is 0 Å². The number of hydrogen-bond acceptors (Lipinski definition) is 3. The molecule has 0 aromatic heterocycles. The van der Waals surface area contributed by atoms with Crippen LogP contribution in [-0.4, -0.2) is 18.2 Å². The molecular formula is C8H10N2O2. The summed E-state index contributed by atoms with van der Waals surface area (Å²) in [5.74, 6) is 2.14. The Labute approximate surface area is 71.5 Å². The number of nitrogens with zero attached hydrogens (tertiary/aromatic N) is 1. The normalized spacial score (nSPS) is 9.33. The molecule has 4 nitrogen and oxygen atoms in total. The van der Waals surface area contributed by atoms with Gasteiger partial charge in [0.15, 0.2) is 6.61 Å². The predicted molar refractivity (Wildman–Crippen MR) is 43.0 cm³/mol. The molecule has 0 heterocycles. The number of hydrogen-bond donors (Lipinski definition) is 1. The molecule has 0 bridgehead atoms. The molecule has 64 valence electrons. The summed E-state index contributed by atoms with van der Waals surface area (Å²) < 4.78 is 4.49. The monoisotopic (exact) mass is 166 g/mol. The fourth-order valence-electron chi connectivity index (χ4n) is 0.426. The van der Waals surface area contributed by atoms with Crippen LogP contribution in [0.15, 0.2) is 0 Å². The molecule has 12 heavy (non-hydrogen) atoms. The van der Waals surface area contributed by atoms with Gasteiger partial charge in [-0.05, 0) is 13.8 Å². The second kappa shape index (κ2) is 4.25. The van der Waals surface area contributed by atoms with Crippen LogP contribution in [0.1, 0.15) is 13.8 Å². The minimum absolute atomic E-state index is 0.0899. The molecule has 0 aromatic carbocycles. The Morgan fingerprint density at radius 3 is 2.75 bits per heavy atom. The van der Waals surface area contributed by atoms with Gasteiger partial charge in [-0.15, -0.1) is 6.42 Å². The van der Waals surface area contributed by atoms with Gasteiger partial charge in [-0.2, -0.15) is 5.26 Å². The number of carbonyl (C=O) groups excluding carboxylic acids is 1. The maximum atomic E-state index is 10.8. The van der Waals surface area contributed by atoms with Gasteiger partial charge in [-0.1, -0.05) is 5.92 Å². The number of rotatable bonds is 2. The summed E-state index contributed by atoms with van der Waals surface area (Å²) in [6.45, 7) is 3.03. The largest absolute Gasteiger partial charge is 0.436 e. The SMILES string of the molecule is C#CCOC(=O)NC(C)(C)C#N. The highest BCUT2D eigenvalue weighted by Crippen LogP contribution is 1.98. The quantitative estimate of drug-likeness (QED) is 0.612. The second-order valence-corrected chi connectivity index (χ2v) is 2.64. The van der Waals surface area contributed by atoms with E-state index in [2.05, 4.69) is 16.0 Å². The van der Waals surface area contributed by atoms with Crippen LogP contribution in [0, 0.1) is 23.7 Å². The fraction of sp³-hybridized carbons (Fsp3) is 0.500. The lowest BCUT2D eigenvalue weighted by atomic mass is 10.1. The van der Waals surface area contributed by atoms with Crippen LogP contribution < -0.4 is 5.32 Å². The fourth-order valence-corrected chi connectivity index (χ4v) is 0.426. The third-order valence-electron chi connectivity index (χ3n) is 0.981. The van der Waals surface area contributed by atoms with E-state index in [1.165, 1.54) is 0 Å². The van der Waals surface area contributed by atoms with Gasteiger partial charge in [-0.25, -0.2) is 4.79 Å². The zero-order chi connectivity index (χ0) is 9.61. The van der Waals surface area contributed by atoms with Gasteiger partial charge in [0.1, 0.15) is 5.54 Å². The summed E-state index contributed by atoms with van der Waals surface area (Å²) in [6, 6.07) is 1.89. The van der Waals surface area contributed by atoms with E-state index < -0.39 is 11.6 Å². The zero-order valence-corrected chi connectivity index (χ0v) is 7.05. The first-order valence-corrected chi connectivity index (χ1v) is 3.31. The predicted octanol–water partition coefficient (Wildman–Crippen LogP) is 0.648. The zero-order valence-electron chi connectivity index (χ0n) is 7.05. The number of nitrogens with one attached hydrogen (secondary N) is 1. The smallest absolute Gasteiger partial charge is 0.409 e. The first kappa shape index (κ1) is 10.3. The second-order valence-electron chi connectivity index (χ2n) is 2.64. The molecule has 1 N–H and O–H groups in total. The van der Waals surface area contributed by atoms with E-state index in [0.29, 0.717) is 0 Å². The molecule has 0 saturated heterocycles. The molecule has 0 aliphatic carbocycles. The van der Waals surface area contributed by atoms with E-state index in [4.69, 9.17) is 11.7 Å². The van der Waals surface area contributed by atoms with Crippen LogP contribution in [-0.2, 0) is 4.74 Å². The molecule has 0 unspecified atom stereocenters. The summed E-state index contributed by atoms with van der Waals surface area (Å²) >= 11 is 0. The van der Waals surface area contributed by atoms with Gasteiger partial charge in [0.2, 0.25) is 0 Å². The van der Waals surface area contributed by atoms with Crippen molar-refractivity contribution in [1.29, 1.82) is 5.26 Å². The lowest BCUT2D eigenvalue weighted by molar-refractivity contribution is 0.153. The Kier molecular flexibility index (Phi) is 3.66. The molecule has 0 aliphatic rings. The molecule has 0 rings (SSSR count). The summed E-state index contributed by atoms with van der Waals surface area (Å²) in [7, 11) is 0. The maximum Gasteiger partial charge on any atom is 0.409 e. The highest BCUT2D eigenvalue weighted by Gasteiger charge is 2.19. The number of terminal acetylenes is 1. The van der Waals surface area contributed by atoms with Crippen LogP contribution >= 0.6 is 0 Å². The Morgan fingerprint density at radius 2 is 2.33 bits per heavy atom. The van der Waals surface area contributed by atoms with Crippen molar-refractivity contribution in [2.45, 2.75) is 19.4 Å². The van der Waals surface area contributed by atoms with Gasteiger partial charge in [0, 0.05) is 0 Å². The summed E-state index contributed by atoms with van der Waals surface area (Å²) in [5.41, 5.74) is -0.925. The lowest BCUT2D eigenvalue weighted by Gasteiger charge is -2.16. The Morgan fingerprint density at radius 1 is 1.75 bits per heavy atom. The number of amides is 1. The van der Waals surface area contributed by atoms with E-state index >= 15 is 0 Å². The molecule has 4 heteroatoms. The first-order valence-electron chi connectivity index (χ1n) is 3.31. The van der Waals surface area contributed by atoms with Gasteiger partial charge in [-0.3, -0.25) is 0 Å². The minimum atomic E-state index is -0.925. The number of ether oxygens (including phenoxy) is 1. The molecule has 0 radical (unpaired) electrons. The average molecular weight is 166 g/mol. The van der Waals surface area contributed by atoms with Gasteiger partial charge >= 0.3 is 6.09 Å². The number of alkyl carbamates (subject to hydrolysis) is 1. The maximum absolute atomic E-state index is 10.8. The minimum Gasteiger partial charge on any atom is -0.436 e. The van der Waals surface area contributed by atoms with Crippen molar-refractivity contribution in [3.8, 4) is 18.4 Å². The van der Waals surface area contributed by atoms with Crippen molar-refractivity contribution < 1.29 is 9.53 Å². The Bertz CT molecular complexity index is 245. The van der Waals surface area contributed by atoms with E-state index in [9.17, 15) is 4.79 Å². The lowest BCUT2D eigenvalue weighted by Crippen LogP contribution is -2.42. The topological polar surface area (TPSA) is 62.1 Å². The Balaban J connectivity index is 3.88. The third kappa shape index (κ3) is 4.19. The molecule has 0 fully saturated rings. The van der Waals surface area contributed by atoms with E-state index in [1.807, 2.05) is 6.07 Å².